The lowest BCUT2D eigenvalue weighted by Crippen LogP contribution is -2.37. The fraction of sp³-hybridized carbons (Fsp3) is 0.429. The van der Waals surface area contributed by atoms with Gasteiger partial charge in [0.25, 0.3) is 0 Å². The molecule has 0 aliphatic carbocycles. The number of hydrogen-bond donors (Lipinski definition) is 1. The first kappa shape index (κ1) is 11.4. The number of hydrogen-bond acceptors (Lipinski definition) is 4. The van der Waals surface area contributed by atoms with Crippen LogP contribution in [0.15, 0.2) is 18.2 Å². The summed E-state index contributed by atoms with van der Waals surface area (Å²) in [5.41, 5.74) is 0.803. The van der Waals surface area contributed by atoms with Crippen LogP contribution < -0.4 is 19.5 Å². The second-order valence-corrected chi connectivity index (χ2v) is 4.65. The Morgan fingerprint density at radius 3 is 2.83 bits per heavy atom. The Morgan fingerprint density at radius 2 is 2.17 bits per heavy atom. The quantitative estimate of drug-likeness (QED) is 0.865. The van der Waals surface area contributed by atoms with Gasteiger partial charge >= 0.3 is 0 Å². The maximum Gasteiger partial charge on any atom is 0.203 e. The SMILES string of the molecule is COc1ccc2c(c1OC)OC1(C=C2)CCNC1. The number of nitrogens with one attached hydrogen (secondary N) is 1. The average molecular weight is 247 g/mol. The van der Waals surface area contributed by atoms with Crippen molar-refractivity contribution >= 4 is 6.08 Å². The van der Waals surface area contributed by atoms with Gasteiger partial charge < -0.3 is 19.5 Å². The Morgan fingerprint density at radius 1 is 1.28 bits per heavy atom. The van der Waals surface area contributed by atoms with Crippen molar-refractivity contribution in [2.75, 3.05) is 27.3 Å². The second kappa shape index (κ2) is 4.21. The molecular formula is C14H17NO3. The smallest absolute Gasteiger partial charge is 0.203 e. The van der Waals surface area contributed by atoms with Crippen molar-refractivity contribution in [2.24, 2.45) is 0 Å². The minimum atomic E-state index is -0.230. The highest BCUT2D eigenvalue weighted by molar-refractivity contribution is 5.69. The van der Waals surface area contributed by atoms with E-state index in [1.165, 1.54) is 0 Å². The van der Waals surface area contributed by atoms with Gasteiger partial charge in [-0.25, -0.2) is 0 Å². The molecule has 1 saturated heterocycles. The van der Waals surface area contributed by atoms with E-state index in [0.29, 0.717) is 11.5 Å². The van der Waals surface area contributed by atoms with Crippen LogP contribution in [0.2, 0.25) is 0 Å². The lowest BCUT2D eigenvalue weighted by molar-refractivity contribution is 0.132. The van der Waals surface area contributed by atoms with Crippen LogP contribution in [0.4, 0.5) is 0 Å². The van der Waals surface area contributed by atoms with Crippen molar-refractivity contribution in [1.29, 1.82) is 0 Å². The van der Waals surface area contributed by atoms with E-state index in [1.807, 2.05) is 12.1 Å². The summed E-state index contributed by atoms with van der Waals surface area (Å²) in [6.07, 6.45) is 5.22. The van der Waals surface area contributed by atoms with E-state index < -0.39 is 0 Å². The molecule has 2 heterocycles. The molecule has 1 N–H and O–H groups in total. The standard InChI is InChI=1S/C14H17NO3/c1-16-11-4-3-10-5-6-14(7-8-15-9-14)18-12(10)13(11)17-2/h3-6,15H,7-9H2,1-2H3. The minimum Gasteiger partial charge on any atom is -0.493 e. The Hall–Kier alpha value is -1.68. The third-order valence-electron chi connectivity index (χ3n) is 3.55. The van der Waals surface area contributed by atoms with Crippen LogP contribution in [-0.4, -0.2) is 32.9 Å². The third kappa shape index (κ3) is 1.64. The van der Waals surface area contributed by atoms with Gasteiger partial charge in [0.2, 0.25) is 5.75 Å². The van der Waals surface area contributed by atoms with Crippen LogP contribution in [-0.2, 0) is 0 Å². The van der Waals surface area contributed by atoms with Crippen molar-refractivity contribution in [2.45, 2.75) is 12.0 Å². The number of rotatable bonds is 2. The van der Waals surface area contributed by atoms with E-state index in [1.54, 1.807) is 14.2 Å². The highest BCUT2D eigenvalue weighted by atomic mass is 16.5. The van der Waals surface area contributed by atoms with Crippen molar-refractivity contribution in [3.63, 3.8) is 0 Å². The highest BCUT2D eigenvalue weighted by Crippen LogP contribution is 2.45. The molecule has 1 aromatic rings. The van der Waals surface area contributed by atoms with Gasteiger partial charge in [-0.3, -0.25) is 0 Å². The van der Waals surface area contributed by atoms with Crippen LogP contribution in [0.25, 0.3) is 6.08 Å². The maximum absolute atomic E-state index is 6.19. The van der Waals surface area contributed by atoms with Gasteiger partial charge in [0.05, 0.1) is 14.2 Å². The van der Waals surface area contributed by atoms with E-state index in [0.717, 1.165) is 30.8 Å². The van der Waals surface area contributed by atoms with E-state index in [9.17, 15) is 0 Å². The van der Waals surface area contributed by atoms with Gasteiger partial charge in [0, 0.05) is 18.5 Å². The van der Waals surface area contributed by atoms with E-state index in [2.05, 4.69) is 17.5 Å². The first-order chi connectivity index (χ1) is 8.78. The van der Waals surface area contributed by atoms with Gasteiger partial charge in [0.15, 0.2) is 11.5 Å². The molecule has 3 rings (SSSR count). The molecule has 0 bridgehead atoms. The number of benzene rings is 1. The maximum atomic E-state index is 6.19. The van der Waals surface area contributed by atoms with Crippen molar-refractivity contribution in [3.05, 3.63) is 23.8 Å². The highest BCUT2D eigenvalue weighted by Gasteiger charge is 2.37. The lowest BCUT2D eigenvalue weighted by Gasteiger charge is -2.31. The molecule has 0 amide bonds. The van der Waals surface area contributed by atoms with Crippen LogP contribution in [0, 0.1) is 0 Å². The van der Waals surface area contributed by atoms with Gasteiger partial charge in [-0.05, 0) is 24.8 Å². The Bertz CT molecular complexity index is 490. The largest absolute Gasteiger partial charge is 0.493 e. The summed E-state index contributed by atoms with van der Waals surface area (Å²) < 4.78 is 16.9. The molecule has 2 aliphatic heterocycles. The van der Waals surface area contributed by atoms with E-state index >= 15 is 0 Å². The van der Waals surface area contributed by atoms with E-state index in [-0.39, 0.29) is 5.60 Å². The Kier molecular flexibility index (Phi) is 2.67. The number of ether oxygens (including phenoxy) is 3. The molecule has 4 nitrogen and oxygen atoms in total. The number of methoxy groups -OCH3 is 2. The molecule has 0 aromatic heterocycles. The summed E-state index contributed by atoms with van der Waals surface area (Å²) in [5.74, 6) is 2.15. The first-order valence-corrected chi connectivity index (χ1v) is 6.12. The molecule has 1 atom stereocenters. The summed E-state index contributed by atoms with van der Waals surface area (Å²) in [7, 11) is 3.27. The zero-order valence-corrected chi connectivity index (χ0v) is 10.7. The van der Waals surface area contributed by atoms with Crippen molar-refractivity contribution in [1.82, 2.24) is 5.32 Å². The third-order valence-corrected chi connectivity index (χ3v) is 3.55. The van der Waals surface area contributed by atoms with Gasteiger partial charge in [-0.2, -0.15) is 0 Å². The normalized spacial score (nSPS) is 24.8. The summed E-state index contributed by atoms with van der Waals surface area (Å²) in [4.78, 5) is 0. The van der Waals surface area contributed by atoms with Crippen LogP contribution in [0.5, 0.6) is 17.2 Å². The molecule has 4 heteroatoms. The summed E-state index contributed by atoms with van der Waals surface area (Å²) in [6.45, 7) is 1.81. The van der Waals surface area contributed by atoms with Crippen molar-refractivity contribution < 1.29 is 14.2 Å². The molecule has 1 fully saturated rings. The van der Waals surface area contributed by atoms with Crippen molar-refractivity contribution in [3.8, 4) is 17.2 Å². The summed E-state index contributed by atoms with van der Waals surface area (Å²) in [5, 5.41) is 3.33. The zero-order chi connectivity index (χ0) is 12.6. The zero-order valence-electron chi connectivity index (χ0n) is 10.7. The lowest BCUT2D eigenvalue weighted by atomic mass is 9.97. The first-order valence-electron chi connectivity index (χ1n) is 6.12. The van der Waals surface area contributed by atoms with Crippen LogP contribution in [0.3, 0.4) is 0 Å². The predicted molar refractivity (Wildman–Crippen MR) is 69.4 cm³/mol. The van der Waals surface area contributed by atoms with Gasteiger partial charge in [-0.1, -0.05) is 6.08 Å². The molecule has 18 heavy (non-hydrogen) atoms. The molecule has 96 valence electrons. The topological polar surface area (TPSA) is 39.7 Å². The number of fused-ring (bicyclic) bond motifs is 1. The molecule has 1 unspecified atom stereocenters. The van der Waals surface area contributed by atoms with Crippen LogP contribution >= 0.6 is 0 Å². The second-order valence-electron chi connectivity index (χ2n) is 4.65. The molecule has 1 spiro atoms. The predicted octanol–water partition coefficient (Wildman–Crippen LogP) is 1.84. The van der Waals surface area contributed by atoms with E-state index in [4.69, 9.17) is 14.2 Å². The monoisotopic (exact) mass is 247 g/mol. The minimum absolute atomic E-state index is 0.230. The average Bonchev–Trinajstić information content (AvgIpc) is 2.85. The van der Waals surface area contributed by atoms with Crippen LogP contribution in [0.1, 0.15) is 12.0 Å². The molecule has 1 aromatic carbocycles. The molecule has 0 radical (unpaired) electrons. The summed E-state index contributed by atoms with van der Waals surface area (Å²) in [6, 6.07) is 3.89. The molecular weight excluding hydrogens is 230 g/mol. The molecule has 0 saturated carbocycles. The fourth-order valence-electron chi connectivity index (χ4n) is 2.55. The Balaban J connectivity index is 2.06. The fourth-order valence-corrected chi connectivity index (χ4v) is 2.55. The Labute approximate surface area is 107 Å². The molecule has 2 aliphatic rings. The van der Waals surface area contributed by atoms with Gasteiger partial charge in [-0.15, -0.1) is 0 Å². The summed E-state index contributed by atoms with van der Waals surface area (Å²) >= 11 is 0. The van der Waals surface area contributed by atoms with Gasteiger partial charge in [0.1, 0.15) is 5.60 Å².